The molecule has 8 heteroatoms. The normalized spacial score (nSPS) is 13.5. The van der Waals surface area contributed by atoms with E-state index in [-0.39, 0.29) is 25.5 Å². The number of aliphatic carboxylic acids is 1. The Morgan fingerprint density at radius 1 is 1.06 bits per heavy atom. The van der Waals surface area contributed by atoms with E-state index in [1.54, 1.807) is 13.8 Å². The molecular formula is C27H34N2O6. The first-order valence-electron chi connectivity index (χ1n) is 11.8. The monoisotopic (exact) mass is 482 g/mol. The number of nitrogens with zero attached hydrogens (tertiary/aromatic N) is 1. The van der Waals surface area contributed by atoms with Crippen molar-refractivity contribution in [2.24, 2.45) is 0 Å². The van der Waals surface area contributed by atoms with Crippen LogP contribution < -0.4 is 5.32 Å². The van der Waals surface area contributed by atoms with Crippen molar-refractivity contribution in [3.05, 3.63) is 59.7 Å². The standard InChI is InChI=1S/C27H34N2O6/c1-5-14-29(16-24(30)31)25(32)23(15-27(2,3)34-4)28-26(33)35-17-22-20-12-8-6-10-18(20)19-11-7-9-13-21(19)22/h6-13,22-23H,5,14-17H2,1-4H3,(H,28,33)(H,30,31). The number of hydrogen-bond donors (Lipinski definition) is 2. The molecule has 1 atom stereocenters. The summed E-state index contributed by atoms with van der Waals surface area (Å²) >= 11 is 0. The molecule has 0 spiro atoms. The number of fused-ring (bicyclic) bond motifs is 3. The highest BCUT2D eigenvalue weighted by molar-refractivity contribution is 5.88. The highest BCUT2D eigenvalue weighted by Crippen LogP contribution is 2.44. The van der Waals surface area contributed by atoms with Gasteiger partial charge in [-0.2, -0.15) is 0 Å². The van der Waals surface area contributed by atoms with Gasteiger partial charge in [-0.3, -0.25) is 9.59 Å². The Hall–Kier alpha value is -3.39. The number of carboxylic acids is 1. The number of rotatable bonds is 11. The molecule has 188 valence electrons. The van der Waals surface area contributed by atoms with Crippen molar-refractivity contribution in [2.45, 2.75) is 51.2 Å². The molecule has 0 bridgehead atoms. The average molecular weight is 483 g/mol. The third kappa shape index (κ3) is 6.39. The number of alkyl carbamates (subject to hydrolysis) is 1. The summed E-state index contributed by atoms with van der Waals surface area (Å²) in [6.45, 7) is 5.39. The summed E-state index contributed by atoms with van der Waals surface area (Å²) in [5.41, 5.74) is 3.69. The van der Waals surface area contributed by atoms with Gasteiger partial charge in [0.1, 0.15) is 19.2 Å². The minimum absolute atomic E-state index is 0.110. The van der Waals surface area contributed by atoms with Crippen LogP contribution in [0.3, 0.4) is 0 Å². The van der Waals surface area contributed by atoms with Crippen molar-refractivity contribution >= 4 is 18.0 Å². The first kappa shape index (κ1) is 26.2. The Kier molecular flexibility index (Phi) is 8.51. The fraction of sp³-hybridized carbons (Fsp3) is 0.444. The van der Waals surface area contributed by atoms with E-state index in [0.29, 0.717) is 6.42 Å². The lowest BCUT2D eigenvalue weighted by molar-refractivity contribution is -0.146. The predicted octanol–water partition coefficient (Wildman–Crippen LogP) is 4.03. The van der Waals surface area contributed by atoms with Crippen LogP contribution in [0.25, 0.3) is 11.1 Å². The summed E-state index contributed by atoms with van der Waals surface area (Å²) < 4.78 is 11.1. The van der Waals surface area contributed by atoms with E-state index in [4.69, 9.17) is 9.47 Å². The molecule has 2 N–H and O–H groups in total. The van der Waals surface area contributed by atoms with Gasteiger partial charge in [-0.1, -0.05) is 55.5 Å². The summed E-state index contributed by atoms with van der Waals surface area (Å²) in [7, 11) is 1.52. The summed E-state index contributed by atoms with van der Waals surface area (Å²) in [5, 5.41) is 11.9. The minimum atomic E-state index is -1.11. The van der Waals surface area contributed by atoms with Crippen LogP contribution in [0.5, 0.6) is 0 Å². The summed E-state index contributed by atoms with van der Waals surface area (Å²) in [6.07, 6.45) is 0.0142. The summed E-state index contributed by atoms with van der Waals surface area (Å²) in [5.74, 6) is -1.70. The Balaban J connectivity index is 1.74. The lowest BCUT2D eigenvalue weighted by Gasteiger charge is -2.31. The minimum Gasteiger partial charge on any atom is -0.480 e. The molecule has 0 aromatic heterocycles. The maximum absolute atomic E-state index is 13.2. The molecule has 3 rings (SSSR count). The third-order valence-corrected chi connectivity index (χ3v) is 6.31. The molecule has 1 aliphatic carbocycles. The fourth-order valence-corrected chi connectivity index (χ4v) is 4.48. The second-order valence-corrected chi connectivity index (χ2v) is 9.34. The first-order chi connectivity index (χ1) is 16.7. The van der Waals surface area contributed by atoms with Gasteiger partial charge in [0, 0.05) is 26.0 Å². The van der Waals surface area contributed by atoms with Crippen molar-refractivity contribution < 1.29 is 29.0 Å². The van der Waals surface area contributed by atoms with E-state index in [0.717, 1.165) is 22.3 Å². The fourth-order valence-electron chi connectivity index (χ4n) is 4.48. The number of methoxy groups -OCH3 is 1. The van der Waals surface area contributed by atoms with Crippen LogP contribution in [0, 0.1) is 0 Å². The maximum atomic E-state index is 13.2. The van der Waals surface area contributed by atoms with Crippen molar-refractivity contribution in [1.29, 1.82) is 0 Å². The molecule has 2 aromatic rings. The number of amides is 2. The van der Waals surface area contributed by atoms with Crippen LogP contribution in [-0.4, -0.2) is 66.4 Å². The zero-order chi connectivity index (χ0) is 25.6. The molecule has 1 unspecified atom stereocenters. The summed E-state index contributed by atoms with van der Waals surface area (Å²) in [6, 6.07) is 15.1. The van der Waals surface area contributed by atoms with Gasteiger partial charge in [0.2, 0.25) is 5.91 Å². The molecule has 0 heterocycles. The number of hydrogen-bond acceptors (Lipinski definition) is 5. The van der Waals surface area contributed by atoms with Crippen LogP contribution in [0.15, 0.2) is 48.5 Å². The largest absolute Gasteiger partial charge is 0.480 e. The van der Waals surface area contributed by atoms with Crippen LogP contribution in [0.2, 0.25) is 0 Å². The third-order valence-electron chi connectivity index (χ3n) is 6.31. The van der Waals surface area contributed by atoms with Crippen LogP contribution >= 0.6 is 0 Å². The molecule has 1 aliphatic rings. The van der Waals surface area contributed by atoms with Gasteiger partial charge in [-0.05, 0) is 42.5 Å². The number of carbonyl (C=O) groups excluding carboxylic acids is 2. The zero-order valence-electron chi connectivity index (χ0n) is 20.7. The van der Waals surface area contributed by atoms with Crippen molar-refractivity contribution in [2.75, 3.05) is 26.8 Å². The number of nitrogens with one attached hydrogen (secondary N) is 1. The topological polar surface area (TPSA) is 105 Å². The second-order valence-electron chi connectivity index (χ2n) is 9.34. The molecule has 0 aliphatic heterocycles. The van der Waals surface area contributed by atoms with Crippen LogP contribution in [0.1, 0.15) is 50.7 Å². The lowest BCUT2D eigenvalue weighted by Crippen LogP contribution is -2.52. The summed E-state index contributed by atoms with van der Waals surface area (Å²) in [4.78, 5) is 38.6. The molecule has 0 fully saturated rings. The molecule has 8 nitrogen and oxygen atoms in total. The molecule has 35 heavy (non-hydrogen) atoms. The van der Waals surface area contributed by atoms with Gasteiger partial charge in [-0.15, -0.1) is 0 Å². The average Bonchev–Trinajstić information content (AvgIpc) is 3.15. The first-order valence-corrected chi connectivity index (χ1v) is 11.8. The lowest BCUT2D eigenvalue weighted by atomic mass is 9.97. The maximum Gasteiger partial charge on any atom is 0.407 e. The predicted molar refractivity (Wildman–Crippen MR) is 132 cm³/mol. The van der Waals surface area contributed by atoms with Gasteiger partial charge in [0.25, 0.3) is 0 Å². The van der Waals surface area contributed by atoms with Gasteiger partial charge in [0.05, 0.1) is 5.60 Å². The number of carbonyl (C=O) groups is 3. The van der Waals surface area contributed by atoms with Crippen LogP contribution in [0.4, 0.5) is 4.79 Å². The second kappa shape index (κ2) is 11.4. The van der Waals surface area contributed by atoms with Crippen LogP contribution in [-0.2, 0) is 19.1 Å². The molecule has 0 saturated carbocycles. The molecule has 0 saturated heterocycles. The Morgan fingerprint density at radius 2 is 1.63 bits per heavy atom. The SMILES string of the molecule is CCCN(CC(=O)O)C(=O)C(CC(C)(C)OC)NC(=O)OCC1c2ccccc2-c2ccccc21. The quantitative estimate of drug-likeness (QED) is 0.501. The number of carboxylic acid groups (broad SMARTS) is 1. The molecule has 2 aromatic carbocycles. The van der Waals surface area contributed by atoms with E-state index in [2.05, 4.69) is 17.4 Å². The van der Waals surface area contributed by atoms with Crippen molar-refractivity contribution in [1.82, 2.24) is 10.2 Å². The zero-order valence-corrected chi connectivity index (χ0v) is 20.7. The van der Waals surface area contributed by atoms with Gasteiger partial charge >= 0.3 is 12.1 Å². The number of benzene rings is 2. The van der Waals surface area contributed by atoms with E-state index >= 15 is 0 Å². The van der Waals surface area contributed by atoms with E-state index in [1.807, 2.05) is 43.3 Å². The van der Waals surface area contributed by atoms with Crippen molar-refractivity contribution in [3.63, 3.8) is 0 Å². The molecular weight excluding hydrogens is 448 g/mol. The smallest absolute Gasteiger partial charge is 0.407 e. The van der Waals surface area contributed by atoms with E-state index in [9.17, 15) is 19.5 Å². The Labute approximate surface area is 206 Å². The van der Waals surface area contributed by atoms with Gasteiger partial charge in [-0.25, -0.2) is 4.79 Å². The highest BCUT2D eigenvalue weighted by atomic mass is 16.5. The van der Waals surface area contributed by atoms with E-state index in [1.165, 1.54) is 12.0 Å². The Bertz CT molecular complexity index is 1020. The van der Waals surface area contributed by atoms with Crippen molar-refractivity contribution in [3.8, 4) is 11.1 Å². The van der Waals surface area contributed by atoms with E-state index < -0.39 is 36.2 Å². The molecule has 2 amide bonds. The number of ether oxygens (including phenoxy) is 2. The Morgan fingerprint density at radius 3 is 2.14 bits per heavy atom. The van der Waals surface area contributed by atoms with Gasteiger partial charge < -0.3 is 24.8 Å². The van der Waals surface area contributed by atoms with Gasteiger partial charge in [0.15, 0.2) is 0 Å². The molecule has 0 radical (unpaired) electrons. The highest BCUT2D eigenvalue weighted by Gasteiger charge is 2.34.